The predicted octanol–water partition coefficient (Wildman–Crippen LogP) is 3.66. The molecule has 0 unspecified atom stereocenters. The number of para-hydroxylation sites is 1. The van der Waals surface area contributed by atoms with Crippen LogP contribution in [0.15, 0.2) is 60.2 Å². The zero-order chi connectivity index (χ0) is 18.3. The molecule has 1 heterocycles. The quantitative estimate of drug-likeness (QED) is 0.625. The van der Waals surface area contributed by atoms with Gasteiger partial charge in [-0.3, -0.25) is 4.79 Å². The number of halogens is 1. The average molecular weight is 352 g/mol. The molecular formula is C21H17FO4. The van der Waals surface area contributed by atoms with Crippen molar-refractivity contribution < 1.29 is 23.5 Å². The Kier molecular flexibility index (Phi) is 3.87. The molecule has 0 radical (unpaired) electrons. The van der Waals surface area contributed by atoms with Crippen molar-refractivity contribution in [3.8, 4) is 5.75 Å². The summed E-state index contributed by atoms with van der Waals surface area (Å²) in [5, 5.41) is 0. The smallest absolute Gasteiger partial charge is 0.334 e. The summed E-state index contributed by atoms with van der Waals surface area (Å²) in [4.78, 5) is 25.5. The number of allylic oxidation sites excluding steroid dienone is 1. The predicted molar refractivity (Wildman–Crippen MR) is 92.2 cm³/mol. The highest BCUT2D eigenvalue weighted by molar-refractivity contribution is 6.00. The van der Waals surface area contributed by atoms with Crippen LogP contribution in [0.2, 0.25) is 0 Å². The van der Waals surface area contributed by atoms with Gasteiger partial charge < -0.3 is 9.47 Å². The molecule has 2 atom stereocenters. The van der Waals surface area contributed by atoms with E-state index in [2.05, 4.69) is 0 Å². The van der Waals surface area contributed by atoms with Gasteiger partial charge in [0.15, 0.2) is 0 Å². The minimum absolute atomic E-state index is 0.203. The Morgan fingerprint density at radius 3 is 2.73 bits per heavy atom. The molecule has 0 N–H and O–H groups in total. The van der Waals surface area contributed by atoms with E-state index in [1.165, 1.54) is 6.07 Å². The third kappa shape index (κ3) is 2.20. The van der Waals surface area contributed by atoms with Crippen LogP contribution in [0.4, 0.5) is 4.39 Å². The number of rotatable bonds is 3. The molecule has 0 saturated heterocycles. The molecule has 2 aromatic rings. The number of esters is 2. The summed E-state index contributed by atoms with van der Waals surface area (Å²) in [6.45, 7) is 1.91. The van der Waals surface area contributed by atoms with Gasteiger partial charge in [-0.1, -0.05) is 42.5 Å². The number of carbonyl (C=O) groups is 2. The number of benzene rings is 2. The van der Waals surface area contributed by atoms with Crippen LogP contribution in [0.25, 0.3) is 0 Å². The van der Waals surface area contributed by atoms with Gasteiger partial charge in [0.1, 0.15) is 17.0 Å². The Morgan fingerprint density at radius 2 is 1.96 bits per heavy atom. The van der Waals surface area contributed by atoms with Crippen LogP contribution in [-0.4, -0.2) is 18.5 Å². The fraction of sp³-hybridized carbons (Fsp3) is 0.238. The van der Waals surface area contributed by atoms with Gasteiger partial charge in [0.25, 0.3) is 0 Å². The van der Waals surface area contributed by atoms with Crippen molar-refractivity contribution in [2.45, 2.75) is 24.7 Å². The molecule has 2 aliphatic rings. The van der Waals surface area contributed by atoms with E-state index in [0.29, 0.717) is 16.9 Å². The van der Waals surface area contributed by atoms with E-state index >= 15 is 0 Å². The van der Waals surface area contributed by atoms with Crippen molar-refractivity contribution in [2.24, 2.45) is 0 Å². The lowest BCUT2D eigenvalue weighted by Gasteiger charge is -2.30. The summed E-state index contributed by atoms with van der Waals surface area (Å²) in [5.74, 6) is -1.81. The third-order valence-electron chi connectivity index (χ3n) is 5.11. The van der Waals surface area contributed by atoms with Crippen molar-refractivity contribution in [3.05, 3.63) is 77.1 Å². The molecule has 0 bridgehead atoms. The number of hydrogen-bond acceptors (Lipinski definition) is 4. The van der Waals surface area contributed by atoms with E-state index < -0.39 is 29.1 Å². The first-order valence-corrected chi connectivity index (χ1v) is 8.53. The molecule has 132 valence electrons. The molecule has 0 aromatic heterocycles. The van der Waals surface area contributed by atoms with E-state index in [9.17, 15) is 14.0 Å². The molecular weight excluding hydrogens is 335 g/mol. The largest absolute Gasteiger partial charge is 0.463 e. The Morgan fingerprint density at radius 1 is 1.23 bits per heavy atom. The standard InChI is InChI=1S/C21H17FO4/c1-2-25-19(23)14-11-12-21(18(14)13-7-3-5-9-16(13)22)15-8-4-6-10-17(15)26-20(21)24/h3-11,18H,2,12H2,1H3/t18-,21+/m0/s1. The topological polar surface area (TPSA) is 52.6 Å². The van der Waals surface area contributed by atoms with Crippen molar-refractivity contribution in [2.75, 3.05) is 6.61 Å². The lowest BCUT2D eigenvalue weighted by molar-refractivity contribution is -0.140. The normalized spacial score (nSPS) is 23.5. The van der Waals surface area contributed by atoms with Gasteiger partial charge in [-0.2, -0.15) is 0 Å². The number of ether oxygens (including phenoxy) is 2. The van der Waals surface area contributed by atoms with E-state index in [1.807, 2.05) is 6.07 Å². The van der Waals surface area contributed by atoms with E-state index in [4.69, 9.17) is 9.47 Å². The highest BCUT2D eigenvalue weighted by Gasteiger charge is 2.59. The van der Waals surface area contributed by atoms with Crippen molar-refractivity contribution in [3.63, 3.8) is 0 Å². The molecule has 2 aromatic carbocycles. The van der Waals surface area contributed by atoms with Crippen LogP contribution in [0.3, 0.4) is 0 Å². The number of hydrogen-bond donors (Lipinski definition) is 0. The Hall–Kier alpha value is -2.95. The highest BCUT2D eigenvalue weighted by atomic mass is 19.1. The summed E-state index contributed by atoms with van der Waals surface area (Å²) < 4.78 is 25.3. The lowest BCUT2D eigenvalue weighted by atomic mass is 9.68. The Labute approximate surface area is 150 Å². The second-order valence-electron chi connectivity index (χ2n) is 6.40. The summed E-state index contributed by atoms with van der Waals surface area (Å²) >= 11 is 0. The molecule has 5 heteroatoms. The van der Waals surface area contributed by atoms with Gasteiger partial charge in [0, 0.05) is 17.1 Å². The van der Waals surface area contributed by atoms with Crippen molar-refractivity contribution >= 4 is 11.9 Å². The van der Waals surface area contributed by atoms with Crippen LogP contribution < -0.4 is 4.74 Å². The second-order valence-corrected chi connectivity index (χ2v) is 6.40. The first kappa shape index (κ1) is 16.5. The van der Waals surface area contributed by atoms with Crippen LogP contribution in [0.5, 0.6) is 5.75 Å². The fourth-order valence-electron chi connectivity index (χ4n) is 4.02. The van der Waals surface area contributed by atoms with Crippen LogP contribution in [0, 0.1) is 5.82 Å². The summed E-state index contributed by atoms with van der Waals surface area (Å²) in [6.07, 6.45) is 1.94. The van der Waals surface area contributed by atoms with Gasteiger partial charge in [-0.25, -0.2) is 9.18 Å². The number of carbonyl (C=O) groups excluding carboxylic acids is 2. The van der Waals surface area contributed by atoms with Gasteiger partial charge in [-0.15, -0.1) is 0 Å². The molecule has 1 spiro atoms. The SMILES string of the molecule is CCOC(=O)C1=CC[C@]2(C(=O)Oc3ccccc32)[C@H]1c1ccccc1F. The zero-order valence-electron chi connectivity index (χ0n) is 14.2. The Bertz CT molecular complexity index is 933. The van der Waals surface area contributed by atoms with E-state index in [0.717, 1.165) is 0 Å². The highest BCUT2D eigenvalue weighted by Crippen LogP contribution is 2.57. The average Bonchev–Trinajstić information content (AvgIpc) is 3.16. The van der Waals surface area contributed by atoms with Crippen molar-refractivity contribution in [1.29, 1.82) is 0 Å². The molecule has 0 fully saturated rings. The molecule has 4 rings (SSSR count). The van der Waals surface area contributed by atoms with Gasteiger partial charge in [-0.05, 0) is 31.0 Å². The molecule has 0 saturated carbocycles. The maximum absolute atomic E-state index is 14.7. The van der Waals surface area contributed by atoms with E-state index in [1.54, 1.807) is 49.4 Å². The monoisotopic (exact) mass is 352 g/mol. The molecule has 0 amide bonds. The summed E-state index contributed by atoms with van der Waals surface area (Å²) in [5.41, 5.74) is 0.110. The van der Waals surface area contributed by atoms with Crippen LogP contribution in [-0.2, 0) is 19.7 Å². The first-order chi connectivity index (χ1) is 12.6. The number of fused-ring (bicyclic) bond motifs is 2. The maximum Gasteiger partial charge on any atom is 0.334 e. The third-order valence-corrected chi connectivity index (χ3v) is 5.11. The fourth-order valence-corrected chi connectivity index (χ4v) is 4.02. The Balaban J connectivity index is 1.93. The molecule has 1 aliphatic heterocycles. The lowest BCUT2D eigenvalue weighted by Crippen LogP contribution is -2.39. The minimum Gasteiger partial charge on any atom is -0.463 e. The molecule has 26 heavy (non-hydrogen) atoms. The van der Waals surface area contributed by atoms with Crippen molar-refractivity contribution in [1.82, 2.24) is 0 Å². The molecule has 4 nitrogen and oxygen atoms in total. The van der Waals surface area contributed by atoms with Gasteiger partial charge in [0.2, 0.25) is 0 Å². The van der Waals surface area contributed by atoms with Gasteiger partial charge in [0.05, 0.1) is 6.61 Å². The van der Waals surface area contributed by atoms with Gasteiger partial charge >= 0.3 is 11.9 Å². The second kappa shape index (κ2) is 6.09. The summed E-state index contributed by atoms with van der Waals surface area (Å²) in [7, 11) is 0. The van der Waals surface area contributed by atoms with E-state index in [-0.39, 0.29) is 18.6 Å². The maximum atomic E-state index is 14.7. The minimum atomic E-state index is -1.15. The van der Waals surface area contributed by atoms with Crippen LogP contribution in [0.1, 0.15) is 30.4 Å². The van der Waals surface area contributed by atoms with Crippen LogP contribution >= 0.6 is 0 Å². The molecule has 1 aliphatic carbocycles. The summed E-state index contributed by atoms with van der Waals surface area (Å²) in [6, 6.07) is 13.3. The first-order valence-electron chi connectivity index (χ1n) is 8.53. The zero-order valence-corrected chi connectivity index (χ0v) is 14.2.